The number of fused-ring (bicyclic) bond motifs is 1. The zero-order chi connectivity index (χ0) is 17.1. The van der Waals surface area contributed by atoms with Gasteiger partial charge in [-0.1, -0.05) is 67.8 Å². The zero-order valence-electron chi connectivity index (χ0n) is 14.5. The normalized spacial score (nSPS) is 15.4. The zero-order valence-corrected chi connectivity index (χ0v) is 14.5. The quantitative estimate of drug-likeness (QED) is 0.484. The van der Waals surface area contributed by atoms with Gasteiger partial charge in [0.2, 0.25) is 12.3 Å². The predicted molar refractivity (Wildman–Crippen MR) is 101 cm³/mol. The molecule has 2 aromatic carbocycles. The molecule has 0 saturated heterocycles. The summed E-state index contributed by atoms with van der Waals surface area (Å²) in [5.74, 6) is 0.737. The minimum absolute atomic E-state index is 0.179. The third kappa shape index (κ3) is 3.34. The van der Waals surface area contributed by atoms with Gasteiger partial charge in [-0.15, -0.1) is 0 Å². The summed E-state index contributed by atoms with van der Waals surface area (Å²) in [5, 5.41) is 2.57. The molecule has 4 rings (SSSR count). The van der Waals surface area contributed by atoms with Crippen LogP contribution in [0.1, 0.15) is 54.1 Å². The summed E-state index contributed by atoms with van der Waals surface area (Å²) in [6.07, 6.45) is 8.49. The Morgan fingerprint density at radius 2 is 1.60 bits per heavy atom. The van der Waals surface area contributed by atoms with Gasteiger partial charge in [0.05, 0.1) is 0 Å². The molecule has 1 aliphatic carbocycles. The predicted octanol–water partition coefficient (Wildman–Crippen LogP) is 5.06. The summed E-state index contributed by atoms with van der Waals surface area (Å²) in [7, 11) is 0. The van der Waals surface area contributed by atoms with Crippen molar-refractivity contribution in [2.75, 3.05) is 0 Å². The molecule has 1 fully saturated rings. The monoisotopic (exact) mass is 330 g/mol. The highest BCUT2D eigenvalue weighted by molar-refractivity contribution is 5.95. The van der Waals surface area contributed by atoms with Gasteiger partial charge < -0.3 is 0 Å². The second kappa shape index (κ2) is 7.18. The van der Waals surface area contributed by atoms with Crippen LogP contribution >= 0.6 is 0 Å². The molecular formula is C23H24NO+. The van der Waals surface area contributed by atoms with Crippen LogP contribution in [-0.2, 0) is 6.54 Å². The van der Waals surface area contributed by atoms with Crippen LogP contribution < -0.4 is 4.57 Å². The first kappa shape index (κ1) is 16.0. The molecule has 126 valence electrons. The molecule has 2 heteroatoms. The Morgan fingerprint density at radius 1 is 0.880 bits per heavy atom. The van der Waals surface area contributed by atoms with Crippen LogP contribution in [0.2, 0.25) is 0 Å². The Labute approximate surface area is 149 Å². The molecule has 0 unspecified atom stereocenters. The summed E-state index contributed by atoms with van der Waals surface area (Å²) in [5.41, 5.74) is 2.14. The van der Waals surface area contributed by atoms with E-state index in [-0.39, 0.29) is 5.78 Å². The minimum atomic E-state index is 0.179. The van der Waals surface area contributed by atoms with E-state index in [9.17, 15) is 4.79 Å². The van der Waals surface area contributed by atoms with Gasteiger partial charge in [0, 0.05) is 22.9 Å². The van der Waals surface area contributed by atoms with Crippen molar-refractivity contribution in [3.63, 3.8) is 0 Å². The molecule has 0 atom stereocenters. The van der Waals surface area contributed by atoms with E-state index in [4.69, 9.17) is 0 Å². The first-order chi connectivity index (χ1) is 12.3. The van der Waals surface area contributed by atoms with Crippen molar-refractivity contribution in [2.45, 2.75) is 44.6 Å². The van der Waals surface area contributed by atoms with E-state index in [2.05, 4.69) is 41.1 Å². The van der Waals surface area contributed by atoms with Crippen molar-refractivity contribution in [3.05, 3.63) is 78.1 Å². The molecule has 0 aliphatic heterocycles. The highest BCUT2D eigenvalue weighted by Crippen LogP contribution is 2.34. The number of Topliss-reactive ketones (excluding diaryl/α,β-unsaturated/α-hetero) is 1. The first-order valence-corrected chi connectivity index (χ1v) is 9.32. The van der Waals surface area contributed by atoms with E-state index in [1.165, 1.54) is 48.6 Å². The van der Waals surface area contributed by atoms with Crippen molar-refractivity contribution in [1.82, 2.24) is 0 Å². The number of carbonyl (C=O) groups excluding carboxylic acids is 1. The molecule has 1 aromatic heterocycles. The van der Waals surface area contributed by atoms with Gasteiger partial charge >= 0.3 is 0 Å². The Balaban J connectivity index is 1.76. The third-order valence-electron chi connectivity index (χ3n) is 5.38. The van der Waals surface area contributed by atoms with E-state index in [1.54, 1.807) is 0 Å². The van der Waals surface area contributed by atoms with Crippen LogP contribution in [0.5, 0.6) is 0 Å². The highest BCUT2D eigenvalue weighted by atomic mass is 16.1. The highest BCUT2D eigenvalue weighted by Gasteiger charge is 2.28. The van der Waals surface area contributed by atoms with Crippen molar-refractivity contribution in [3.8, 4) is 0 Å². The molecule has 0 bridgehead atoms. The van der Waals surface area contributed by atoms with E-state index >= 15 is 0 Å². The van der Waals surface area contributed by atoms with E-state index < -0.39 is 0 Å². The average Bonchev–Trinajstić information content (AvgIpc) is 2.69. The Morgan fingerprint density at radius 3 is 2.40 bits per heavy atom. The third-order valence-corrected chi connectivity index (χ3v) is 5.38. The maximum absolute atomic E-state index is 12.8. The lowest BCUT2D eigenvalue weighted by molar-refractivity contribution is -0.690. The Hall–Kier alpha value is -2.48. The molecule has 1 saturated carbocycles. The summed E-state index contributed by atoms with van der Waals surface area (Å²) in [6, 6.07) is 20.3. The van der Waals surface area contributed by atoms with Gasteiger partial charge in [-0.2, -0.15) is 4.57 Å². The number of carbonyl (C=O) groups is 1. The number of ketones is 1. The summed E-state index contributed by atoms with van der Waals surface area (Å²) in [6.45, 7) is 0.417. The largest absolute Gasteiger partial charge is 0.287 e. The van der Waals surface area contributed by atoms with Crippen LogP contribution in [0.15, 0.2) is 66.9 Å². The average molecular weight is 330 g/mol. The van der Waals surface area contributed by atoms with Gasteiger partial charge in [-0.25, -0.2) is 0 Å². The Bertz CT molecular complexity index is 879. The number of nitrogens with zero attached hydrogens (tertiary/aromatic N) is 1. The summed E-state index contributed by atoms with van der Waals surface area (Å²) in [4.78, 5) is 12.8. The number of rotatable bonds is 4. The van der Waals surface area contributed by atoms with Crippen LogP contribution in [0, 0.1) is 0 Å². The molecule has 25 heavy (non-hydrogen) atoms. The van der Waals surface area contributed by atoms with Gasteiger partial charge in [-0.3, -0.25) is 4.79 Å². The molecule has 1 aliphatic rings. The smallest absolute Gasteiger partial charge is 0.227 e. The maximum atomic E-state index is 12.8. The Kier molecular flexibility index (Phi) is 4.60. The number of hydrogen-bond acceptors (Lipinski definition) is 1. The second-order valence-electron chi connectivity index (χ2n) is 7.04. The van der Waals surface area contributed by atoms with Crippen LogP contribution in [0.25, 0.3) is 10.8 Å². The fourth-order valence-electron chi connectivity index (χ4n) is 4.12. The second-order valence-corrected chi connectivity index (χ2v) is 7.04. The van der Waals surface area contributed by atoms with Crippen molar-refractivity contribution >= 4 is 16.6 Å². The summed E-state index contributed by atoms with van der Waals surface area (Å²) >= 11 is 0. The molecule has 0 N–H and O–H groups in total. The first-order valence-electron chi connectivity index (χ1n) is 9.32. The topological polar surface area (TPSA) is 20.9 Å². The lowest BCUT2D eigenvalue weighted by Gasteiger charge is -2.21. The van der Waals surface area contributed by atoms with Crippen molar-refractivity contribution in [2.24, 2.45) is 0 Å². The number of aromatic nitrogens is 1. The minimum Gasteiger partial charge on any atom is -0.287 e. The molecule has 0 amide bonds. The van der Waals surface area contributed by atoms with Crippen LogP contribution in [-0.4, -0.2) is 5.78 Å². The van der Waals surface area contributed by atoms with Gasteiger partial charge in [0.15, 0.2) is 11.9 Å². The number of benzene rings is 2. The van der Waals surface area contributed by atoms with Crippen molar-refractivity contribution < 1.29 is 9.36 Å². The van der Waals surface area contributed by atoms with E-state index in [0.717, 1.165) is 5.56 Å². The van der Waals surface area contributed by atoms with Crippen LogP contribution in [0.3, 0.4) is 0 Å². The molecule has 3 aromatic rings. The van der Waals surface area contributed by atoms with Gasteiger partial charge in [0.1, 0.15) is 0 Å². The molecule has 2 nitrogen and oxygen atoms in total. The SMILES string of the molecule is O=C(C[n+]1ccc2ccccc2c1C1CCCCC1)c1ccccc1. The molecule has 1 heterocycles. The standard InChI is InChI=1S/C23H24NO/c25-22(19-10-3-1-4-11-19)17-24-16-15-18-9-7-8-14-21(18)23(24)20-12-5-2-6-13-20/h1,3-4,7-11,14-16,20H,2,5-6,12-13,17H2/q+1. The number of pyridine rings is 1. The van der Waals surface area contributed by atoms with E-state index in [1.807, 2.05) is 30.3 Å². The maximum Gasteiger partial charge on any atom is 0.227 e. The fraction of sp³-hybridized carbons (Fsp3) is 0.304. The summed E-state index contributed by atoms with van der Waals surface area (Å²) < 4.78 is 2.20. The molecule has 0 radical (unpaired) electrons. The van der Waals surface area contributed by atoms with Gasteiger partial charge in [0.25, 0.3) is 0 Å². The number of hydrogen-bond donors (Lipinski definition) is 0. The fourth-order valence-corrected chi connectivity index (χ4v) is 4.12. The van der Waals surface area contributed by atoms with E-state index in [0.29, 0.717) is 12.5 Å². The van der Waals surface area contributed by atoms with Gasteiger partial charge in [-0.05, 0) is 24.3 Å². The van der Waals surface area contributed by atoms with Crippen molar-refractivity contribution in [1.29, 1.82) is 0 Å². The lowest BCUT2D eigenvalue weighted by atomic mass is 9.84. The molecule has 0 spiro atoms. The molecular weight excluding hydrogens is 306 g/mol. The lowest BCUT2D eigenvalue weighted by Crippen LogP contribution is -2.43. The van der Waals surface area contributed by atoms with Crippen LogP contribution in [0.4, 0.5) is 0 Å².